The largest absolute Gasteiger partial charge is 0.306 e. The Kier molecular flexibility index (Phi) is 6.51. The molecule has 34 heavy (non-hydrogen) atoms. The molecule has 8 heteroatoms. The number of carbonyl (C=O) groups is 1. The van der Waals surface area contributed by atoms with Crippen LogP contribution in [0, 0.1) is 0 Å². The number of hydrogen-bond donors (Lipinski definition) is 1. The SMILES string of the molecule is C/C(=N\NC(=O)c1ccc(CSc2nc3ccccc3s2)cc1)c1ccc(-n2ccnc2)cc1. The third-order valence-electron chi connectivity index (χ3n) is 5.27. The smallest absolute Gasteiger partial charge is 0.271 e. The highest BCUT2D eigenvalue weighted by Gasteiger charge is 2.08. The Morgan fingerprint density at radius 1 is 1.03 bits per heavy atom. The zero-order chi connectivity index (χ0) is 23.3. The van der Waals surface area contributed by atoms with Gasteiger partial charge in [0.25, 0.3) is 5.91 Å². The normalized spacial score (nSPS) is 11.6. The Morgan fingerprint density at radius 3 is 2.53 bits per heavy atom. The monoisotopic (exact) mass is 483 g/mol. The predicted molar refractivity (Wildman–Crippen MR) is 139 cm³/mol. The van der Waals surface area contributed by atoms with Crippen LogP contribution in [0.25, 0.3) is 15.9 Å². The second-order valence-electron chi connectivity index (χ2n) is 7.59. The second-order valence-corrected chi connectivity index (χ2v) is 9.84. The van der Waals surface area contributed by atoms with E-state index in [1.165, 1.54) is 4.70 Å². The second kappa shape index (κ2) is 10.0. The molecule has 2 aromatic heterocycles. The molecule has 0 saturated carbocycles. The van der Waals surface area contributed by atoms with Crippen LogP contribution < -0.4 is 5.43 Å². The van der Waals surface area contributed by atoms with Gasteiger partial charge in [-0.1, -0.05) is 48.2 Å². The van der Waals surface area contributed by atoms with Gasteiger partial charge in [-0.3, -0.25) is 4.79 Å². The lowest BCUT2D eigenvalue weighted by Crippen LogP contribution is -2.19. The first-order valence-corrected chi connectivity index (χ1v) is 12.5. The first-order chi connectivity index (χ1) is 16.7. The lowest BCUT2D eigenvalue weighted by atomic mass is 10.1. The van der Waals surface area contributed by atoms with Gasteiger partial charge in [-0.05, 0) is 54.4 Å². The lowest BCUT2D eigenvalue weighted by Gasteiger charge is -2.06. The molecule has 6 nitrogen and oxygen atoms in total. The molecule has 0 atom stereocenters. The van der Waals surface area contributed by atoms with E-state index >= 15 is 0 Å². The summed E-state index contributed by atoms with van der Waals surface area (Å²) in [6, 6.07) is 23.7. The fourth-order valence-electron chi connectivity index (χ4n) is 3.36. The average Bonchev–Trinajstić information content (AvgIpc) is 3.56. The van der Waals surface area contributed by atoms with Crippen LogP contribution in [-0.2, 0) is 5.75 Å². The molecule has 2 heterocycles. The summed E-state index contributed by atoms with van der Waals surface area (Å²) in [5, 5.41) is 4.27. The molecular weight excluding hydrogens is 462 g/mol. The van der Waals surface area contributed by atoms with E-state index in [-0.39, 0.29) is 5.91 Å². The van der Waals surface area contributed by atoms with Crippen molar-refractivity contribution in [2.24, 2.45) is 5.10 Å². The van der Waals surface area contributed by atoms with Gasteiger partial charge in [0, 0.05) is 29.4 Å². The maximum Gasteiger partial charge on any atom is 0.271 e. The third-order valence-corrected chi connectivity index (χ3v) is 7.52. The zero-order valence-electron chi connectivity index (χ0n) is 18.4. The predicted octanol–water partition coefficient (Wildman–Crippen LogP) is 5.93. The molecule has 5 aromatic rings. The number of para-hydroxylation sites is 1. The van der Waals surface area contributed by atoms with Crippen molar-refractivity contribution in [2.75, 3.05) is 0 Å². The molecule has 0 aliphatic carbocycles. The summed E-state index contributed by atoms with van der Waals surface area (Å²) in [5.41, 5.74) is 8.07. The van der Waals surface area contributed by atoms with Crippen LogP contribution in [0.3, 0.4) is 0 Å². The van der Waals surface area contributed by atoms with Crippen molar-refractivity contribution in [3.8, 4) is 5.69 Å². The number of fused-ring (bicyclic) bond motifs is 1. The molecule has 0 aliphatic rings. The summed E-state index contributed by atoms with van der Waals surface area (Å²) in [4.78, 5) is 21.3. The minimum absolute atomic E-state index is 0.236. The summed E-state index contributed by atoms with van der Waals surface area (Å²) in [6.07, 6.45) is 5.38. The Hall–Kier alpha value is -3.75. The topological polar surface area (TPSA) is 72.2 Å². The van der Waals surface area contributed by atoms with Gasteiger partial charge >= 0.3 is 0 Å². The summed E-state index contributed by atoms with van der Waals surface area (Å²) in [6.45, 7) is 1.87. The van der Waals surface area contributed by atoms with Crippen molar-refractivity contribution < 1.29 is 4.79 Å². The van der Waals surface area contributed by atoms with E-state index in [1.54, 1.807) is 35.6 Å². The first kappa shape index (κ1) is 22.1. The van der Waals surface area contributed by atoms with E-state index in [0.29, 0.717) is 5.56 Å². The molecule has 0 fully saturated rings. The van der Waals surface area contributed by atoms with E-state index in [2.05, 4.69) is 26.6 Å². The maximum absolute atomic E-state index is 12.5. The molecule has 0 radical (unpaired) electrons. The van der Waals surface area contributed by atoms with Crippen molar-refractivity contribution in [1.29, 1.82) is 0 Å². The van der Waals surface area contributed by atoms with Crippen LogP contribution >= 0.6 is 23.1 Å². The van der Waals surface area contributed by atoms with E-state index in [4.69, 9.17) is 0 Å². The third kappa shape index (κ3) is 5.08. The molecule has 0 spiro atoms. The van der Waals surface area contributed by atoms with E-state index < -0.39 is 0 Å². The molecule has 3 aromatic carbocycles. The number of hydrogen-bond acceptors (Lipinski definition) is 6. The molecule has 1 N–H and O–H groups in total. The van der Waals surface area contributed by atoms with Crippen molar-refractivity contribution in [1.82, 2.24) is 20.0 Å². The van der Waals surface area contributed by atoms with Crippen LogP contribution in [-0.4, -0.2) is 26.2 Å². The van der Waals surface area contributed by atoms with Crippen LogP contribution in [0.4, 0.5) is 0 Å². The highest BCUT2D eigenvalue weighted by Crippen LogP contribution is 2.31. The number of carbonyl (C=O) groups excluding carboxylic acids is 1. The fraction of sp³-hybridized carbons (Fsp3) is 0.0769. The molecule has 0 saturated heterocycles. The molecular formula is C26H21N5OS2. The number of aromatic nitrogens is 3. The Labute approximate surface area is 205 Å². The van der Waals surface area contributed by atoms with Crippen LogP contribution in [0.15, 0.2) is 101 Å². The maximum atomic E-state index is 12.5. The average molecular weight is 484 g/mol. The molecule has 5 rings (SSSR count). The van der Waals surface area contributed by atoms with Gasteiger partial charge < -0.3 is 4.57 Å². The van der Waals surface area contributed by atoms with Crippen molar-refractivity contribution >= 4 is 44.9 Å². The van der Waals surface area contributed by atoms with Gasteiger partial charge in [-0.2, -0.15) is 5.10 Å². The Balaban J connectivity index is 1.17. The summed E-state index contributed by atoms with van der Waals surface area (Å²) >= 11 is 3.41. The van der Waals surface area contributed by atoms with E-state index in [9.17, 15) is 4.79 Å². The summed E-state index contributed by atoms with van der Waals surface area (Å²) in [7, 11) is 0. The van der Waals surface area contributed by atoms with Gasteiger partial charge in [-0.15, -0.1) is 11.3 Å². The van der Waals surface area contributed by atoms with Crippen LogP contribution in [0.2, 0.25) is 0 Å². The molecule has 168 valence electrons. The van der Waals surface area contributed by atoms with Gasteiger partial charge in [0.1, 0.15) is 0 Å². The molecule has 0 bridgehead atoms. The van der Waals surface area contributed by atoms with Crippen LogP contribution in [0.1, 0.15) is 28.4 Å². The minimum atomic E-state index is -0.236. The number of amides is 1. The standard InChI is InChI=1S/C26H21N5OS2/c1-18(20-10-12-22(13-11-20)31-15-14-27-17-31)29-30-25(32)21-8-6-19(7-9-21)16-33-26-28-23-4-2-3-5-24(23)34-26/h2-15,17H,16H2,1H3,(H,30,32)/b29-18+. The van der Waals surface area contributed by atoms with Gasteiger partial charge in [0.15, 0.2) is 4.34 Å². The summed E-state index contributed by atoms with van der Waals surface area (Å²) in [5.74, 6) is 0.563. The van der Waals surface area contributed by atoms with E-state index in [1.807, 2.05) is 84.4 Å². The number of nitrogens with one attached hydrogen (secondary N) is 1. The van der Waals surface area contributed by atoms with Crippen molar-refractivity contribution in [3.63, 3.8) is 0 Å². The van der Waals surface area contributed by atoms with Crippen LogP contribution in [0.5, 0.6) is 0 Å². The van der Waals surface area contributed by atoms with Crippen molar-refractivity contribution in [2.45, 2.75) is 17.0 Å². The number of thioether (sulfide) groups is 1. The number of hydrazone groups is 1. The highest BCUT2D eigenvalue weighted by molar-refractivity contribution is 8.00. The number of nitrogens with zero attached hydrogens (tertiary/aromatic N) is 4. The summed E-state index contributed by atoms with van der Waals surface area (Å²) < 4.78 is 4.17. The van der Waals surface area contributed by atoms with Gasteiger partial charge in [-0.25, -0.2) is 15.4 Å². The number of benzene rings is 3. The molecule has 0 aliphatic heterocycles. The molecule has 1 amide bonds. The Bertz CT molecular complexity index is 1410. The zero-order valence-corrected chi connectivity index (χ0v) is 20.0. The van der Waals surface area contributed by atoms with E-state index in [0.717, 1.165) is 38.1 Å². The minimum Gasteiger partial charge on any atom is -0.306 e. The quantitative estimate of drug-likeness (QED) is 0.177. The van der Waals surface area contributed by atoms with Gasteiger partial charge in [0.05, 0.1) is 22.3 Å². The van der Waals surface area contributed by atoms with Crippen molar-refractivity contribution in [3.05, 3.63) is 108 Å². The fourth-order valence-corrected chi connectivity index (χ4v) is 5.38. The Morgan fingerprint density at radius 2 is 1.79 bits per heavy atom. The van der Waals surface area contributed by atoms with Gasteiger partial charge in [0.2, 0.25) is 0 Å². The molecule has 0 unspecified atom stereocenters. The first-order valence-electron chi connectivity index (χ1n) is 10.7. The lowest BCUT2D eigenvalue weighted by molar-refractivity contribution is 0.0955. The highest BCUT2D eigenvalue weighted by atomic mass is 32.2. The number of imidazole rings is 1. The number of rotatable bonds is 7. The number of thiazole rings is 1.